The number of hydrogen-bond acceptors (Lipinski definition) is 3. The van der Waals surface area contributed by atoms with E-state index in [2.05, 4.69) is 48.3 Å². The van der Waals surface area contributed by atoms with Crippen molar-refractivity contribution in [2.24, 2.45) is 10.9 Å². The van der Waals surface area contributed by atoms with Crippen LogP contribution in [0.2, 0.25) is 0 Å². The van der Waals surface area contributed by atoms with Crippen molar-refractivity contribution in [2.75, 3.05) is 32.8 Å². The number of esters is 1. The fraction of sp³-hybridized carbons (Fsp3) is 0.619. The van der Waals surface area contributed by atoms with Crippen molar-refractivity contribution >= 4 is 35.9 Å². The molecule has 1 fully saturated rings. The zero-order valence-corrected chi connectivity index (χ0v) is 19.2. The molecule has 27 heavy (non-hydrogen) atoms. The van der Waals surface area contributed by atoms with Gasteiger partial charge < -0.3 is 15.0 Å². The second-order valence-corrected chi connectivity index (χ2v) is 6.67. The molecule has 1 heterocycles. The van der Waals surface area contributed by atoms with E-state index in [1.807, 2.05) is 6.92 Å². The van der Waals surface area contributed by atoms with E-state index in [4.69, 9.17) is 9.73 Å². The van der Waals surface area contributed by atoms with Gasteiger partial charge in [0, 0.05) is 26.2 Å². The van der Waals surface area contributed by atoms with E-state index in [0.29, 0.717) is 6.61 Å². The Labute approximate surface area is 181 Å². The Kier molecular flexibility index (Phi) is 11.4. The first-order valence-corrected chi connectivity index (χ1v) is 9.95. The van der Waals surface area contributed by atoms with Crippen LogP contribution in [0, 0.1) is 5.92 Å². The average molecular weight is 487 g/mol. The highest BCUT2D eigenvalue weighted by molar-refractivity contribution is 14.0. The van der Waals surface area contributed by atoms with Crippen molar-refractivity contribution in [1.29, 1.82) is 0 Å². The van der Waals surface area contributed by atoms with Crippen LogP contribution in [0.15, 0.2) is 29.3 Å². The second-order valence-electron chi connectivity index (χ2n) is 6.67. The van der Waals surface area contributed by atoms with Crippen molar-refractivity contribution < 1.29 is 9.53 Å². The van der Waals surface area contributed by atoms with Crippen LogP contribution in [0.3, 0.4) is 0 Å². The Morgan fingerprint density at radius 1 is 1.15 bits per heavy atom. The molecule has 1 N–H and O–H groups in total. The molecule has 5 nitrogen and oxygen atoms in total. The van der Waals surface area contributed by atoms with Crippen LogP contribution in [0.5, 0.6) is 0 Å². The van der Waals surface area contributed by atoms with Crippen molar-refractivity contribution in [1.82, 2.24) is 10.2 Å². The maximum atomic E-state index is 11.9. The Bertz CT molecular complexity index is 582. The summed E-state index contributed by atoms with van der Waals surface area (Å²) in [6, 6.07) is 8.80. The molecule has 1 saturated heterocycles. The van der Waals surface area contributed by atoms with Gasteiger partial charge in [-0.3, -0.25) is 9.79 Å². The van der Waals surface area contributed by atoms with Gasteiger partial charge in [-0.25, -0.2) is 0 Å². The number of guanidine groups is 1. The van der Waals surface area contributed by atoms with Gasteiger partial charge in [0.05, 0.1) is 12.5 Å². The molecule has 0 spiro atoms. The lowest BCUT2D eigenvalue weighted by atomic mass is 9.97. The third-order valence-corrected chi connectivity index (χ3v) is 4.84. The van der Waals surface area contributed by atoms with E-state index < -0.39 is 0 Å². The van der Waals surface area contributed by atoms with Crippen molar-refractivity contribution in [3.05, 3.63) is 35.4 Å². The summed E-state index contributed by atoms with van der Waals surface area (Å²) in [5, 5.41) is 3.39. The van der Waals surface area contributed by atoms with Crippen molar-refractivity contribution in [3.63, 3.8) is 0 Å². The lowest BCUT2D eigenvalue weighted by Crippen LogP contribution is -2.46. The lowest BCUT2D eigenvalue weighted by Gasteiger charge is -2.33. The van der Waals surface area contributed by atoms with Crippen LogP contribution >= 0.6 is 24.0 Å². The molecule has 0 aromatic heterocycles. The normalized spacial score (nSPS) is 15.2. The number of hydrogen-bond donors (Lipinski definition) is 1. The predicted molar refractivity (Wildman–Crippen MR) is 122 cm³/mol. The summed E-state index contributed by atoms with van der Waals surface area (Å²) in [6.45, 7) is 9.90. The van der Waals surface area contributed by atoms with Gasteiger partial charge >= 0.3 is 5.97 Å². The monoisotopic (exact) mass is 487 g/mol. The van der Waals surface area contributed by atoms with Crippen LogP contribution in [0.4, 0.5) is 0 Å². The third-order valence-electron chi connectivity index (χ3n) is 4.84. The first-order chi connectivity index (χ1) is 12.7. The third kappa shape index (κ3) is 7.68. The number of benzene rings is 1. The zero-order valence-electron chi connectivity index (χ0n) is 16.9. The number of aryl methyl sites for hydroxylation is 1. The van der Waals surface area contributed by atoms with Crippen LogP contribution in [-0.4, -0.2) is 49.6 Å². The topological polar surface area (TPSA) is 53.9 Å². The minimum Gasteiger partial charge on any atom is -0.466 e. The van der Waals surface area contributed by atoms with Crippen LogP contribution in [-0.2, 0) is 22.4 Å². The number of carbonyl (C=O) groups is 1. The second kappa shape index (κ2) is 13.0. The number of likely N-dealkylation sites (tertiary alicyclic amines) is 1. The first kappa shape index (κ1) is 23.7. The van der Waals surface area contributed by atoms with Crippen LogP contribution in [0.1, 0.15) is 44.7 Å². The van der Waals surface area contributed by atoms with Crippen LogP contribution in [0.25, 0.3) is 0 Å². The molecule has 0 aliphatic carbocycles. The summed E-state index contributed by atoms with van der Waals surface area (Å²) in [6.07, 6.45) is 3.69. The smallest absolute Gasteiger partial charge is 0.309 e. The Balaban J connectivity index is 0.00000364. The SMILES string of the molecule is CCNC(=NCCc1ccc(CC)cc1)N1CCC(C(=O)OCC)CC1.I. The summed E-state index contributed by atoms with van der Waals surface area (Å²) in [5.74, 6) is 0.941. The molecular formula is C21H34IN3O2. The van der Waals surface area contributed by atoms with Gasteiger partial charge in [-0.15, -0.1) is 24.0 Å². The molecule has 1 aliphatic rings. The van der Waals surface area contributed by atoms with E-state index in [1.54, 1.807) is 0 Å². The van der Waals surface area contributed by atoms with Crippen molar-refractivity contribution in [3.8, 4) is 0 Å². The number of ether oxygens (including phenoxy) is 1. The summed E-state index contributed by atoms with van der Waals surface area (Å²) in [7, 11) is 0. The van der Waals surface area contributed by atoms with Gasteiger partial charge in [0.1, 0.15) is 0 Å². The molecule has 0 saturated carbocycles. The van der Waals surface area contributed by atoms with E-state index in [0.717, 1.165) is 57.8 Å². The van der Waals surface area contributed by atoms with Gasteiger partial charge in [0.2, 0.25) is 0 Å². The number of piperidine rings is 1. The highest BCUT2D eigenvalue weighted by Gasteiger charge is 2.27. The largest absolute Gasteiger partial charge is 0.466 e. The fourth-order valence-corrected chi connectivity index (χ4v) is 3.25. The van der Waals surface area contributed by atoms with Crippen molar-refractivity contribution in [2.45, 2.75) is 46.5 Å². The molecule has 6 heteroatoms. The first-order valence-electron chi connectivity index (χ1n) is 9.95. The summed E-state index contributed by atoms with van der Waals surface area (Å²) in [4.78, 5) is 18.9. The Hall–Kier alpha value is -1.31. The molecule has 0 bridgehead atoms. The molecule has 152 valence electrons. The minimum absolute atomic E-state index is 0. The molecule has 1 aliphatic heterocycles. The quantitative estimate of drug-likeness (QED) is 0.276. The van der Waals surface area contributed by atoms with Gasteiger partial charge in [-0.05, 0) is 50.7 Å². The Morgan fingerprint density at radius 3 is 2.33 bits per heavy atom. The predicted octanol–water partition coefficient (Wildman–Crippen LogP) is 3.65. The van der Waals surface area contributed by atoms with Gasteiger partial charge in [-0.1, -0.05) is 31.2 Å². The molecule has 1 aromatic carbocycles. The standard InChI is InChI=1S/C21H33N3O2.HI/c1-4-17-7-9-18(10-8-17)11-14-23-21(22-5-2)24-15-12-19(13-16-24)20(25)26-6-3;/h7-10,19H,4-6,11-16H2,1-3H3,(H,22,23);1H. The Morgan fingerprint density at radius 2 is 1.78 bits per heavy atom. The number of nitrogens with zero attached hydrogens (tertiary/aromatic N) is 2. The summed E-state index contributed by atoms with van der Waals surface area (Å²) < 4.78 is 5.15. The molecule has 0 amide bonds. The maximum Gasteiger partial charge on any atom is 0.309 e. The number of nitrogens with one attached hydrogen (secondary N) is 1. The molecular weight excluding hydrogens is 453 g/mol. The number of halogens is 1. The minimum atomic E-state index is -0.0513. The summed E-state index contributed by atoms with van der Waals surface area (Å²) >= 11 is 0. The van der Waals surface area contributed by atoms with E-state index in [1.165, 1.54) is 11.1 Å². The molecule has 0 atom stereocenters. The van der Waals surface area contributed by atoms with E-state index in [9.17, 15) is 4.79 Å². The zero-order chi connectivity index (χ0) is 18.8. The molecule has 0 radical (unpaired) electrons. The van der Waals surface area contributed by atoms with Gasteiger partial charge in [-0.2, -0.15) is 0 Å². The highest BCUT2D eigenvalue weighted by Crippen LogP contribution is 2.18. The van der Waals surface area contributed by atoms with Crippen LogP contribution < -0.4 is 5.32 Å². The lowest BCUT2D eigenvalue weighted by molar-refractivity contribution is -0.149. The highest BCUT2D eigenvalue weighted by atomic mass is 127. The maximum absolute atomic E-state index is 11.9. The van der Waals surface area contributed by atoms with Gasteiger partial charge in [0.15, 0.2) is 5.96 Å². The number of carbonyl (C=O) groups excluding carboxylic acids is 1. The average Bonchev–Trinajstić information content (AvgIpc) is 2.68. The van der Waals surface area contributed by atoms with Gasteiger partial charge in [0.25, 0.3) is 0 Å². The van der Waals surface area contributed by atoms with E-state index in [-0.39, 0.29) is 35.9 Å². The molecule has 1 aromatic rings. The number of rotatable bonds is 7. The molecule has 2 rings (SSSR count). The number of aliphatic imine (C=N–C) groups is 1. The molecule has 0 unspecified atom stereocenters. The van der Waals surface area contributed by atoms with E-state index >= 15 is 0 Å². The fourth-order valence-electron chi connectivity index (χ4n) is 3.25. The summed E-state index contributed by atoms with van der Waals surface area (Å²) in [5.41, 5.74) is 2.69.